The molecule has 2 aliphatic rings. The summed E-state index contributed by atoms with van der Waals surface area (Å²) in [5.41, 5.74) is 2.65. The maximum Gasteiger partial charge on any atom is 0.154 e. The first-order valence-electron chi connectivity index (χ1n) is 7.84. The van der Waals surface area contributed by atoms with Crippen LogP contribution in [0, 0.1) is 6.92 Å². The fraction of sp³-hybridized carbons (Fsp3) is 0.625. The van der Waals surface area contributed by atoms with Crippen molar-refractivity contribution in [2.75, 3.05) is 37.7 Å². The van der Waals surface area contributed by atoms with Gasteiger partial charge in [0.05, 0.1) is 23.7 Å². The largest absolute Gasteiger partial charge is 0.390 e. The molecule has 22 heavy (non-hydrogen) atoms. The number of rotatable bonds is 3. The minimum atomic E-state index is -3.07. The van der Waals surface area contributed by atoms with Crippen LogP contribution in [0.2, 0.25) is 0 Å². The van der Waals surface area contributed by atoms with E-state index in [0.717, 1.165) is 32.7 Å². The molecule has 3 rings (SSSR count). The van der Waals surface area contributed by atoms with Crippen LogP contribution in [-0.4, -0.2) is 73.2 Å². The van der Waals surface area contributed by atoms with Gasteiger partial charge < -0.3 is 5.11 Å². The highest BCUT2D eigenvalue weighted by Gasteiger charge is 2.40. The van der Waals surface area contributed by atoms with Crippen LogP contribution in [0.5, 0.6) is 0 Å². The van der Waals surface area contributed by atoms with Crippen molar-refractivity contribution in [3.8, 4) is 0 Å². The van der Waals surface area contributed by atoms with Crippen LogP contribution in [-0.2, 0) is 16.4 Å². The predicted octanol–water partition coefficient (Wildman–Crippen LogP) is 0.271. The molecule has 0 bridgehead atoms. The summed E-state index contributed by atoms with van der Waals surface area (Å²) >= 11 is 0. The number of hydrogen-bond donors (Lipinski definition) is 1. The van der Waals surface area contributed by atoms with Crippen molar-refractivity contribution < 1.29 is 13.5 Å². The van der Waals surface area contributed by atoms with E-state index in [0.29, 0.717) is 0 Å². The molecule has 2 atom stereocenters. The first-order valence-corrected chi connectivity index (χ1v) is 9.66. The molecule has 5 nitrogen and oxygen atoms in total. The van der Waals surface area contributed by atoms with Gasteiger partial charge in [-0.3, -0.25) is 9.80 Å². The maximum absolute atomic E-state index is 11.6. The number of benzene rings is 1. The zero-order valence-electron chi connectivity index (χ0n) is 13.0. The third-order valence-electron chi connectivity index (χ3n) is 4.82. The molecule has 0 spiro atoms. The molecule has 2 saturated heterocycles. The van der Waals surface area contributed by atoms with E-state index in [2.05, 4.69) is 41.0 Å². The second kappa shape index (κ2) is 6.28. The molecule has 1 aromatic rings. The van der Waals surface area contributed by atoms with Crippen molar-refractivity contribution in [3.63, 3.8) is 0 Å². The summed E-state index contributed by atoms with van der Waals surface area (Å²) in [5.74, 6) is 0.0209. The normalized spacial score (nSPS) is 29.7. The molecule has 2 heterocycles. The van der Waals surface area contributed by atoms with Crippen LogP contribution in [0.3, 0.4) is 0 Å². The van der Waals surface area contributed by atoms with Gasteiger partial charge in [0.15, 0.2) is 9.84 Å². The number of aryl methyl sites for hydroxylation is 1. The standard InChI is InChI=1S/C16H24N2O3S/c1-13-4-2-3-5-14(13)10-17-6-8-18(9-7-17)15-11-22(20,21)12-16(15)19/h2-5,15-16,19H,6-12H2,1H3/t15-,16-/m0/s1. The molecule has 0 aliphatic carbocycles. The second-order valence-corrected chi connectivity index (χ2v) is 8.60. The summed E-state index contributed by atoms with van der Waals surface area (Å²) in [4.78, 5) is 4.54. The van der Waals surface area contributed by atoms with E-state index >= 15 is 0 Å². The molecular formula is C16H24N2O3S. The van der Waals surface area contributed by atoms with Crippen molar-refractivity contribution in [2.45, 2.75) is 25.6 Å². The average molecular weight is 324 g/mol. The van der Waals surface area contributed by atoms with Gasteiger partial charge in [0.2, 0.25) is 0 Å². The highest BCUT2D eigenvalue weighted by molar-refractivity contribution is 7.91. The van der Waals surface area contributed by atoms with E-state index in [4.69, 9.17) is 0 Å². The predicted molar refractivity (Wildman–Crippen MR) is 86.5 cm³/mol. The Hall–Kier alpha value is -0.950. The molecule has 0 amide bonds. The maximum atomic E-state index is 11.6. The van der Waals surface area contributed by atoms with E-state index in [1.54, 1.807) is 0 Å². The van der Waals surface area contributed by atoms with Gasteiger partial charge in [0.25, 0.3) is 0 Å². The van der Waals surface area contributed by atoms with Gasteiger partial charge in [-0.15, -0.1) is 0 Å². The number of aliphatic hydroxyl groups excluding tert-OH is 1. The summed E-state index contributed by atoms with van der Waals surface area (Å²) in [7, 11) is -3.07. The van der Waals surface area contributed by atoms with Gasteiger partial charge in [-0.2, -0.15) is 0 Å². The lowest BCUT2D eigenvalue weighted by atomic mass is 10.1. The lowest BCUT2D eigenvalue weighted by molar-refractivity contribution is 0.0423. The number of piperazine rings is 1. The quantitative estimate of drug-likeness (QED) is 0.865. The number of hydrogen-bond acceptors (Lipinski definition) is 5. The van der Waals surface area contributed by atoms with Crippen molar-refractivity contribution in [1.82, 2.24) is 9.80 Å². The molecule has 2 aliphatic heterocycles. The Morgan fingerprint density at radius 3 is 2.41 bits per heavy atom. The summed E-state index contributed by atoms with van der Waals surface area (Å²) in [5, 5.41) is 9.98. The lowest BCUT2D eigenvalue weighted by Gasteiger charge is -2.38. The average Bonchev–Trinajstić information content (AvgIpc) is 2.75. The summed E-state index contributed by atoms with van der Waals surface area (Å²) < 4.78 is 23.3. The van der Waals surface area contributed by atoms with Crippen LogP contribution in [0.4, 0.5) is 0 Å². The molecule has 1 N–H and O–H groups in total. The zero-order valence-corrected chi connectivity index (χ0v) is 13.8. The zero-order chi connectivity index (χ0) is 15.7. The molecule has 0 radical (unpaired) electrons. The van der Waals surface area contributed by atoms with Crippen LogP contribution in [0.15, 0.2) is 24.3 Å². The number of nitrogens with zero attached hydrogens (tertiary/aromatic N) is 2. The van der Waals surface area contributed by atoms with Crippen LogP contribution >= 0.6 is 0 Å². The van der Waals surface area contributed by atoms with Gasteiger partial charge >= 0.3 is 0 Å². The SMILES string of the molecule is Cc1ccccc1CN1CCN([C@H]2CS(=O)(=O)C[C@@H]2O)CC1. The molecule has 2 fully saturated rings. The first kappa shape index (κ1) is 15.9. The van der Waals surface area contributed by atoms with Gasteiger partial charge in [0.1, 0.15) is 0 Å². The number of sulfone groups is 1. The smallest absolute Gasteiger partial charge is 0.154 e. The van der Waals surface area contributed by atoms with E-state index in [-0.39, 0.29) is 17.5 Å². The van der Waals surface area contributed by atoms with E-state index in [9.17, 15) is 13.5 Å². The molecule has 0 aromatic heterocycles. The molecule has 1 aromatic carbocycles. The third-order valence-corrected chi connectivity index (χ3v) is 6.52. The Morgan fingerprint density at radius 1 is 1.14 bits per heavy atom. The molecule has 0 unspecified atom stereocenters. The fourth-order valence-corrected chi connectivity index (χ4v) is 5.27. The fourth-order valence-electron chi connectivity index (χ4n) is 3.44. The van der Waals surface area contributed by atoms with Crippen molar-refractivity contribution in [2.24, 2.45) is 0 Å². The molecule has 0 saturated carbocycles. The van der Waals surface area contributed by atoms with E-state index < -0.39 is 15.9 Å². The van der Waals surface area contributed by atoms with Crippen molar-refractivity contribution >= 4 is 9.84 Å². The van der Waals surface area contributed by atoms with E-state index in [1.165, 1.54) is 11.1 Å². The molecule has 122 valence electrons. The lowest BCUT2D eigenvalue weighted by Crippen LogP contribution is -2.53. The summed E-state index contributed by atoms with van der Waals surface area (Å²) in [6.07, 6.45) is -0.729. The summed E-state index contributed by atoms with van der Waals surface area (Å²) in [6, 6.07) is 8.20. The van der Waals surface area contributed by atoms with Gasteiger partial charge in [-0.05, 0) is 18.1 Å². The Balaban J connectivity index is 1.56. The Bertz CT molecular complexity index is 624. The van der Waals surface area contributed by atoms with Crippen molar-refractivity contribution in [1.29, 1.82) is 0 Å². The topological polar surface area (TPSA) is 60.9 Å². The van der Waals surface area contributed by atoms with Crippen molar-refractivity contribution in [3.05, 3.63) is 35.4 Å². The summed E-state index contributed by atoms with van der Waals surface area (Å²) in [6.45, 7) is 6.54. The monoisotopic (exact) mass is 324 g/mol. The highest BCUT2D eigenvalue weighted by atomic mass is 32.2. The second-order valence-electron chi connectivity index (χ2n) is 6.45. The van der Waals surface area contributed by atoms with E-state index in [1.807, 2.05) is 0 Å². The van der Waals surface area contributed by atoms with Gasteiger partial charge in [-0.1, -0.05) is 24.3 Å². The van der Waals surface area contributed by atoms with Crippen LogP contribution in [0.25, 0.3) is 0 Å². The van der Waals surface area contributed by atoms with Gasteiger partial charge in [-0.25, -0.2) is 8.42 Å². The highest BCUT2D eigenvalue weighted by Crippen LogP contribution is 2.21. The van der Waals surface area contributed by atoms with Gasteiger partial charge in [0, 0.05) is 32.7 Å². The molecule has 6 heteroatoms. The number of aliphatic hydroxyl groups is 1. The van der Waals surface area contributed by atoms with Crippen LogP contribution < -0.4 is 0 Å². The first-order chi connectivity index (χ1) is 10.4. The minimum absolute atomic E-state index is 0.0823. The minimum Gasteiger partial charge on any atom is -0.390 e. The Labute approximate surface area is 132 Å². The Kier molecular flexibility index (Phi) is 4.54. The van der Waals surface area contributed by atoms with Crippen LogP contribution in [0.1, 0.15) is 11.1 Å². The molecular weight excluding hydrogens is 300 g/mol. The Morgan fingerprint density at radius 2 is 1.82 bits per heavy atom. The third kappa shape index (κ3) is 3.51.